The maximum absolute atomic E-state index is 11.3. The predicted octanol–water partition coefficient (Wildman–Crippen LogP) is 6.09. The van der Waals surface area contributed by atoms with E-state index in [1.807, 2.05) is 75.2 Å². The Hall–Kier alpha value is -3.60. The largest absolute Gasteiger partial charge is 0.488 e. The van der Waals surface area contributed by atoms with Crippen LogP contribution in [0.3, 0.4) is 0 Å². The molecule has 1 heterocycles. The number of aldehydes is 1. The Morgan fingerprint density at radius 2 is 1.66 bits per heavy atom. The van der Waals surface area contributed by atoms with Gasteiger partial charge in [0.1, 0.15) is 12.4 Å². The van der Waals surface area contributed by atoms with Gasteiger partial charge in [0.05, 0.1) is 5.56 Å². The molecule has 0 unspecified atom stereocenters. The Balaban J connectivity index is 0.000000231. The van der Waals surface area contributed by atoms with Gasteiger partial charge in [0.25, 0.3) is 0 Å². The Labute approximate surface area is 210 Å². The van der Waals surface area contributed by atoms with E-state index in [2.05, 4.69) is 23.5 Å². The maximum Gasteiger partial charge on any atom is 0.219 e. The highest BCUT2D eigenvalue weighted by atomic mass is 16.5. The number of ether oxygens (including phenoxy) is 1. The summed E-state index contributed by atoms with van der Waals surface area (Å²) in [6.07, 6.45) is 2.75. The van der Waals surface area contributed by atoms with Crippen LogP contribution in [0.25, 0.3) is 0 Å². The molecule has 5 heteroatoms. The molecule has 0 atom stereocenters. The number of hydrogen-bond acceptors (Lipinski definition) is 4. The molecule has 4 rings (SSSR count). The number of nitrogens with one attached hydrogen (secondary N) is 1. The van der Waals surface area contributed by atoms with Crippen LogP contribution in [-0.4, -0.2) is 37.2 Å². The molecule has 1 aliphatic rings. The van der Waals surface area contributed by atoms with E-state index in [0.29, 0.717) is 17.9 Å². The lowest BCUT2D eigenvalue weighted by Crippen LogP contribution is -2.30. The minimum atomic E-state index is 0.182. The molecule has 1 aliphatic heterocycles. The number of carbonyl (C=O) groups excluding carboxylic acids is 2. The third-order valence-electron chi connectivity index (χ3n) is 5.78. The van der Waals surface area contributed by atoms with Crippen LogP contribution in [0.4, 0.5) is 5.69 Å². The third kappa shape index (κ3) is 8.60. The lowest BCUT2D eigenvalue weighted by atomic mass is 10.0. The number of aryl methyl sites for hydroxylation is 1. The van der Waals surface area contributed by atoms with Crippen LogP contribution < -0.4 is 10.1 Å². The zero-order valence-corrected chi connectivity index (χ0v) is 21.6. The first-order valence-corrected chi connectivity index (χ1v) is 12.3. The van der Waals surface area contributed by atoms with Gasteiger partial charge in [-0.15, -0.1) is 0 Å². The summed E-state index contributed by atoms with van der Waals surface area (Å²) in [5.74, 6) is 0.825. The number of rotatable bonds is 5. The molecular weight excluding hydrogens is 436 g/mol. The highest BCUT2D eigenvalue weighted by Gasteiger charge is 2.15. The Kier molecular flexibility index (Phi) is 11.5. The van der Waals surface area contributed by atoms with E-state index in [4.69, 9.17) is 4.74 Å². The molecule has 35 heavy (non-hydrogen) atoms. The van der Waals surface area contributed by atoms with E-state index >= 15 is 0 Å². The number of amides is 1. The number of anilines is 1. The van der Waals surface area contributed by atoms with Gasteiger partial charge in [0.2, 0.25) is 5.91 Å². The number of nitrogens with zero attached hydrogens (tertiary/aromatic N) is 1. The fourth-order valence-corrected chi connectivity index (χ4v) is 3.79. The normalized spacial score (nSPS) is 12.0. The molecule has 1 amide bonds. The quantitative estimate of drug-likeness (QED) is 0.455. The number of carbonyl (C=O) groups is 2. The van der Waals surface area contributed by atoms with Gasteiger partial charge in [-0.25, -0.2) is 0 Å². The average Bonchev–Trinajstić information content (AvgIpc) is 3.12. The molecule has 5 nitrogen and oxygen atoms in total. The first-order chi connectivity index (χ1) is 17.0. The van der Waals surface area contributed by atoms with E-state index in [1.54, 1.807) is 13.0 Å². The molecule has 186 valence electrons. The van der Waals surface area contributed by atoms with Gasteiger partial charge in [-0.3, -0.25) is 9.59 Å². The van der Waals surface area contributed by atoms with Gasteiger partial charge in [-0.2, -0.15) is 0 Å². The summed E-state index contributed by atoms with van der Waals surface area (Å²) in [7, 11) is 1.93. The fraction of sp³-hybridized carbons (Fsp3) is 0.333. The van der Waals surface area contributed by atoms with Crippen LogP contribution >= 0.6 is 0 Å². The summed E-state index contributed by atoms with van der Waals surface area (Å²) in [6.45, 7) is 9.79. The summed E-state index contributed by atoms with van der Waals surface area (Å²) in [5, 5.41) is 3.15. The van der Waals surface area contributed by atoms with Crippen LogP contribution in [-0.2, 0) is 24.2 Å². The average molecular weight is 475 g/mol. The minimum Gasteiger partial charge on any atom is -0.488 e. The van der Waals surface area contributed by atoms with Crippen molar-refractivity contribution < 1.29 is 14.3 Å². The van der Waals surface area contributed by atoms with Crippen LogP contribution in [0, 0.1) is 6.92 Å². The summed E-state index contributed by atoms with van der Waals surface area (Å²) < 4.78 is 5.66. The molecule has 0 spiro atoms. The van der Waals surface area contributed by atoms with Crippen molar-refractivity contribution in [1.82, 2.24) is 4.90 Å². The molecule has 0 fully saturated rings. The zero-order chi connectivity index (χ0) is 25.6. The molecular formula is C30H38N2O3. The summed E-state index contributed by atoms with van der Waals surface area (Å²) in [4.78, 5) is 24.1. The SMILES string of the molecule is CC.CNc1ccc2c(c1)CCN(C(C)=O)CC2.Cc1ccc(C=O)c(OCc2ccccc2)c1. The number of benzene rings is 3. The van der Waals surface area contributed by atoms with Gasteiger partial charge in [-0.05, 0) is 66.3 Å². The first kappa shape index (κ1) is 27.6. The van der Waals surface area contributed by atoms with Crippen molar-refractivity contribution in [3.63, 3.8) is 0 Å². The standard InChI is InChI=1S/C15H14O2.C13H18N2O.C2H6/c1-12-7-8-14(10-16)15(9-12)17-11-13-5-3-2-4-6-13;1-10(16)15-7-5-11-3-4-13(14-2)9-12(11)6-8-15;1-2/h2-10H,11H2,1H3;3-4,9,14H,5-8H2,1-2H3;1-2H3. The van der Waals surface area contributed by atoms with E-state index in [9.17, 15) is 9.59 Å². The second-order valence-electron chi connectivity index (χ2n) is 8.17. The topological polar surface area (TPSA) is 58.6 Å². The van der Waals surface area contributed by atoms with Crippen molar-refractivity contribution in [2.24, 2.45) is 0 Å². The summed E-state index contributed by atoms with van der Waals surface area (Å²) in [5.41, 5.74) is 6.66. The number of hydrogen-bond donors (Lipinski definition) is 1. The zero-order valence-electron chi connectivity index (χ0n) is 21.6. The van der Waals surface area contributed by atoms with E-state index < -0.39 is 0 Å². The van der Waals surface area contributed by atoms with Gasteiger partial charge in [0, 0.05) is 32.7 Å². The van der Waals surface area contributed by atoms with Crippen LogP contribution in [0.1, 0.15) is 53.4 Å². The van der Waals surface area contributed by atoms with Crippen molar-refractivity contribution in [3.05, 3.63) is 94.5 Å². The molecule has 3 aromatic carbocycles. The van der Waals surface area contributed by atoms with Crippen molar-refractivity contribution in [1.29, 1.82) is 0 Å². The molecule has 0 aromatic heterocycles. The predicted molar refractivity (Wildman–Crippen MR) is 144 cm³/mol. The molecule has 3 aromatic rings. The Morgan fingerprint density at radius 1 is 0.971 bits per heavy atom. The van der Waals surface area contributed by atoms with Gasteiger partial charge in [0.15, 0.2) is 6.29 Å². The van der Waals surface area contributed by atoms with Gasteiger partial charge >= 0.3 is 0 Å². The Morgan fingerprint density at radius 3 is 2.29 bits per heavy atom. The van der Waals surface area contributed by atoms with Crippen molar-refractivity contribution in [2.75, 3.05) is 25.5 Å². The van der Waals surface area contributed by atoms with E-state index in [1.165, 1.54) is 11.1 Å². The van der Waals surface area contributed by atoms with E-state index in [0.717, 1.165) is 49.0 Å². The van der Waals surface area contributed by atoms with Crippen LogP contribution in [0.15, 0.2) is 66.7 Å². The molecule has 0 saturated carbocycles. The lowest BCUT2D eigenvalue weighted by molar-refractivity contribution is -0.128. The van der Waals surface area contributed by atoms with Crippen molar-refractivity contribution in [3.8, 4) is 5.75 Å². The molecule has 0 saturated heterocycles. The summed E-state index contributed by atoms with van der Waals surface area (Å²) >= 11 is 0. The fourth-order valence-electron chi connectivity index (χ4n) is 3.79. The second-order valence-corrected chi connectivity index (χ2v) is 8.17. The lowest BCUT2D eigenvalue weighted by Gasteiger charge is -2.17. The maximum atomic E-state index is 11.3. The Bertz CT molecular complexity index is 1080. The molecule has 1 N–H and O–H groups in total. The second kappa shape index (κ2) is 14.6. The monoisotopic (exact) mass is 474 g/mol. The van der Waals surface area contributed by atoms with Gasteiger partial charge in [-0.1, -0.05) is 56.3 Å². The van der Waals surface area contributed by atoms with Crippen LogP contribution in [0.5, 0.6) is 5.75 Å². The highest BCUT2D eigenvalue weighted by Crippen LogP contribution is 2.21. The van der Waals surface area contributed by atoms with Crippen molar-refractivity contribution in [2.45, 2.75) is 47.1 Å². The van der Waals surface area contributed by atoms with E-state index in [-0.39, 0.29) is 5.91 Å². The number of fused-ring (bicyclic) bond motifs is 1. The molecule has 0 radical (unpaired) electrons. The van der Waals surface area contributed by atoms with Gasteiger partial charge < -0.3 is 15.0 Å². The highest BCUT2D eigenvalue weighted by molar-refractivity contribution is 5.79. The summed E-state index contributed by atoms with van der Waals surface area (Å²) in [6, 6.07) is 21.9. The van der Waals surface area contributed by atoms with Crippen LogP contribution in [0.2, 0.25) is 0 Å². The minimum absolute atomic E-state index is 0.182. The first-order valence-electron chi connectivity index (χ1n) is 12.3. The third-order valence-corrected chi connectivity index (χ3v) is 5.78. The molecule has 0 bridgehead atoms. The smallest absolute Gasteiger partial charge is 0.219 e. The van der Waals surface area contributed by atoms with Crippen molar-refractivity contribution >= 4 is 17.9 Å². The molecule has 0 aliphatic carbocycles.